The number of fused-ring (bicyclic) bond motifs is 1. The van der Waals surface area contributed by atoms with Crippen LogP contribution in [0.4, 0.5) is 17.6 Å². The van der Waals surface area contributed by atoms with E-state index in [0.29, 0.717) is 22.9 Å². The van der Waals surface area contributed by atoms with Crippen molar-refractivity contribution in [2.45, 2.75) is 25.4 Å². The SMILES string of the molecule is C[N+]1(C)CCCC(C(=O)c2cc3nc(-c4ccc(F)cc4)cc(C(F)(F)F)n3n2)CC1. The number of halogens is 4. The molecule has 1 fully saturated rings. The van der Waals surface area contributed by atoms with E-state index in [1.807, 2.05) is 0 Å². The maximum absolute atomic E-state index is 13.7. The highest BCUT2D eigenvalue weighted by Crippen LogP contribution is 2.33. The summed E-state index contributed by atoms with van der Waals surface area (Å²) in [6, 6.07) is 7.23. The smallest absolute Gasteiger partial charge is 0.328 e. The van der Waals surface area contributed by atoms with Crippen LogP contribution in [0.5, 0.6) is 0 Å². The molecule has 0 radical (unpaired) electrons. The Morgan fingerprint density at radius 1 is 1.10 bits per heavy atom. The summed E-state index contributed by atoms with van der Waals surface area (Å²) >= 11 is 0. The van der Waals surface area contributed by atoms with Crippen molar-refractivity contribution in [2.75, 3.05) is 27.2 Å². The fraction of sp³-hybridized carbons (Fsp3) is 0.409. The second-order valence-corrected chi connectivity index (χ2v) is 8.71. The molecule has 164 valence electrons. The Balaban J connectivity index is 1.75. The number of hydrogen-bond acceptors (Lipinski definition) is 3. The van der Waals surface area contributed by atoms with Crippen LogP contribution in [0, 0.1) is 11.7 Å². The lowest BCUT2D eigenvalue weighted by molar-refractivity contribution is -0.889. The summed E-state index contributed by atoms with van der Waals surface area (Å²) in [7, 11) is 4.21. The molecule has 0 N–H and O–H groups in total. The average Bonchev–Trinajstić information content (AvgIpc) is 3.04. The summed E-state index contributed by atoms with van der Waals surface area (Å²) in [6.07, 6.45) is -2.47. The van der Waals surface area contributed by atoms with Gasteiger partial charge in [0.2, 0.25) is 0 Å². The Hall–Kier alpha value is -2.81. The Morgan fingerprint density at radius 2 is 1.81 bits per heavy atom. The second-order valence-electron chi connectivity index (χ2n) is 8.71. The van der Waals surface area contributed by atoms with Crippen LogP contribution in [0.1, 0.15) is 35.4 Å². The van der Waals surface area contributed by atoms with Crippen LogP contribution in [0.15, 0.2) is 36.4 Å². The maximum atomic E-state index is 13.7. The summed E-state index contributed by atoms with van der Waals surface area (Å²) in [5.74, 6) is -1.01. The first-order valence-corrected chi connectivity index (χ1v) is 10.1. The molecule has 3 aromatic rings. The second kappa shape index (κ2) is 7.71. The maximum Gasteiger partial charge on any atom is 0.433 e. The van der Waals surface area contributed by atoms with E-state index >= 15 is 0 Å². The molecule has 9 heteroatoms. The van der Waals surface area contributed by atoms with Crippen LogP contribution in [0.3, 0.4) is 0 Å². The lowest BCUT2D eigenvalue weighted by Gasteiger charge is -2.27. The summed E-state index contributed by atoms with van der Waals surface area (Å²) in [4.78, 5) is 17.3. The molecule has 0 spiro atoms. The Bertz CT molecular complexity index is 1120. The number of Topliss-reactive ketones (excluding diaryl/α,β-unsaturated/α-hetero) is 1. The molecule has 3 heterocycles. The number of hydrogen-bond donors (Lipinski definition) is 0. The first-order chi connectivity index (χ1) is 14.5. The molecular formula is C22H23F4N4O+. The zero-order chi connectivity index (χ0) is 22.4. The molecule has 4 rings (SSSR count). The topological polar surface area (TPSA) is 47.3 Å². The highest BCUT2D eigenvalue weighted by atomic mass is 19.4. The highest BCUT2D eigenvalue weighted by molar-refractivity contribution is 5.97. The van der Waals surface area contributed by atoms with E-state index in [-0.39, 0.29) is 28.7 Å². The molecule has 0 saturated carbocycles. The van der Waals surface area contributed by atoms with Crippen molar-refractivity contribution >= 4 is 11.4 Å². The van der Waals surface area contributed by atoms with E-state index in [2.05, 4.69) is 24.2 Å². The van der Waals surface area contributed by atoms with E-state index in [1.54, 1.807) is 0 Å². The molecule has 1 aliphatic rings. The van der Waals surface area contributed by atoms with Crippen molar-refractivity contribution in [1.29, 1.82) is 0 Å². The van der Waals surface area contributed by atoms with E-state index in [0.717, 1.165) is 42.2 Å². The zero-order valence-electron chi connectivity index (χ0n) is 17.3. The van der Waals surface area contributed by atoms with Gasteiger partial charge < -0.3 is 4.48 Å². The van der Waals surface area contributed by atoms with Gasteiger partial charge in [0, 0.05) is 24.0 Å². The van der Waals surface area contributed by atoms with Gasteiger partial charge in [-0.25, -0.2) is 13.9 Å². The van der Waals surface area contributed by atoms with Crippen molar-refractivity contribution in [3.8, 4) is 11.3 Å². The Kier molecular flexibility index (Phi) is 5.33. The minimum Gasteiger partial charge on any atom is -0.328 e. The third-order valence-electron chi connectivity index (χ3n) is 5.88. The largest absolute Gasteiger partial charge is 0.433 e. The van der Waals surface area contributed by atoms with Crippen molar-refractivity contribution in [2.24, 2.45) is 5.92 Å². The van der Waals surface area contributed by atoms with E-state index in [4.69, 9.17) is 0 Å². The van der Waals surface area contributed by atoms with Crippen LogP contribution < -0.4 is 0 Å². The molecule has 1 atom stereocenters. The van der Waals surface area contributed by atoms with Crippen molar-refractivity contribution in [1.82, 2.24) is 14.6 Å². The summed E-state index contributed by atoms with van der Waals surface area (Å²) in [5, 5.41) is 3.99. The fourth-order valence-electron chi connectivity index (χ4n) is 4.06. The highest BCUT2D eigenvalue weighted by Gasteiger charge is 2.36. The van der Waals surface area contributed by atoms with Gasteiger partial charge in [-0.2, -0.15) is 18.3 Å². The van der Waals surface area contributed by atoms with Crippen LogP contribution in [0.2, 0.25) is 0 Å². The minimum absolute atomic E-state index is 0.00791. The minimum atomic E-state index is -4.70. The van der Waals surface area contributed by atoms with Gasteiger partial charge in [-0.3, -0.25) is 4.79 Å². The number of benzene rings is 1. The van der Waals surface area contributed by atoms with Crippen molar-refractivity contribution in [3.63, 3.8) is 0 Å². The first kappa shape index (κ1) is 21.4. The van der Waals surface area contributed by atoms with Gasteiger partial charge in [-0.15, -0.1) is 0 Å². The molecule has 1 unspecified atom stereocenters. The number of carbonyl (C=O) groups excluding carboxylic acids is 1. The predicted octanol–water partition coefficient (Wildman–Crippen LogP) is 4.61. The van der Waals surface area contributed by atoms with Gasteiger partial charge in [0.15, 0.2) is 17.1 Å². The van der Waals surface area contributed by atoms with Gasteiger partial charge in [-0.1, -0.05) is 0 Å². The molecule has 1 aliphatic heterocycles. The molecule has 1 saturated heterocycles. The van der Waals surface area contributed by atoms with Gasteiger partial charge in [0.05, 0.1) is 32.9 Å². The van der Waals surface area contributed by atoms with Crippen molar-refractivity contribution < 1.29 is 26.8 Å². The lowest BCUT2D eigenvalue weighted by Crippen LogP contribution is -2.40. The van der Waals surface area contributed by atoms with Crippen molar-refractivity contribution in [3.05, 3.63) is 53.6 Å². The Labute approximate surface area is 176 Å². The monoisotopic (exact) mass is 435 g/mol. The third-order valence-corrected chi connectivity index (χ3v) is 5.88. The number of ketones is 1. The first-order valence-electron chi connectivity index (χ1n) is 10.1. The molecule has 0 bridgehead atoms. The van der Waals surface area contributed by atoms with E-state index in [9.17, 15) is 22.4 Å². The zero-order valence-corrected chi connectivity index (χ0v) is 17.3. The number of aromatic nitrogens is 3. The normalized spacial score (nSPS) is 19.4. The van der Waals surface area contributed by atoms with E-state index in [1.165, 1.54) is 18.2 Å². The standard InChI is InChI=1S/C22H23F4N4O/c1-30(2)10-3-4-15(9-11-30)21(31)18-13-20-27-17(14-5-7-16(23)8-6-14)12-19(22(24,25)26)29(20)28-18/h5-8,12-13,15H,3-4,9-11H2,1-2H3/q+1. The molecule has 31 heavy (non-hydrogen) atoms. The number of rotatable bonds is 3. The van der Waals surface area contributed by atoms with Crippen LogP contribution >= 0.6 is 0 Å². The summed E-state index contributed by atoms with van der Waals surface area (Å²) in [5.41, 5.74) is -0.734. The summed E-state index contributed by atoms with van der Waals surface area (Å²) < 4.78 is 55.9. The lowest BCUT2D eigenvalue weighted by atomic mass is 9.94. The van der Waals surface area contributed by atoms with Crippen LogP contribution in [-0.2, 0) is 6.18 Å². The van der Waals surface area contributed by atoms with E-state index < -0.39 is 17.7 Å². The average molecular weight is 435 g/mol. The molecule has 0 amide bonds. The van der Waals surface area contributed by atoms with Gasteiger partial charge in [0.1, 0.15) is 11.5 Å². The number of nitrogens with zero attached hydrogens (tertiary/aromatic N) is 4. The number of quaternary nitrogens is 1. The molecule has 1 aromatic carbocycles. The molecular weight excluding hydrogens is 412 g/mol. The molecule has 0 aliphatic carbocycles. The van der Waals surface area contributed by atoms with Crippen LogP contribution in [-0.4, -0.2) is 52.0 Å². The van der Waals surface area contributed by atoms with Crippen LogP contribution in [0.25, 0.3) is 16.9 Å². The number of alkyl halides is 3. The summed E-state index contributed by atoms with van der Waals surface area (Å²) in [6.45, 7) is 1.78. The predicted molar refractivity (Wildman–Crippen MR) is 107 cm³/mol. The number of carbonyl (C=O) groups is 1. The molecule has 2 aromatic heterocycles. The molecule has 5 nitrogen and oxygen atoms in total. The number of likely N-dealkylation sites (tertiary alicyclic amines) is 1. The fourth-order valence-corrected chi connectivity index (χ4v) is 4.06. The van der Waals surface area contributed by atoms with Gasteiger partial charge in [-0.05, 0) is 43.2 Å². The Morgan fingerprint density at radius 3 is 2.48 bits per heavy atom. The van der Waals surface area contributed by atoms with Gasteiger partial charge >= 0.3 is 6.18 Å². The third kappa shape index (κ3) is 4.46. The van der Waals surface area contributed by atoms with Gasteiger partial charge in [0.25, 0.3) is 0 Å². The quantitative estimate of drug-likeness (QED) is 0.343.